The third kappa shape index (κ3) is 3.77. The maximum absolute atomic E-state index is 13.3. The van der Waals surface area contributed by atoms with E-state index in [1.165, 1.54) is 6.07 Å². The number of aromatic nitrogens is 3. The Balaban J connectivity index is 1.44. The van der Waals surface area contributed by atoms with Gasteiger partial charge in [0, 0.05) is 35.9 Å². The first-order chi connectivity index (χ1) is 17.9. The molecule has 1 aliphatic heterocycles. The Labute approximate surface area is 211 Å². The number of rotatable bonds is 5. The number of carbonyl (C=O) groups is 2. The highest BCUT2D eigenvalue weighted by Gasteiger charge is 2.46. The van der Waals surface area contributed by atoms with Crippen molar-refractivity contribution in [1.82, 2.24) is 19.5 Å². The zero-order valence-electron chi connectivity index (χ0n) is 20.5. The van der Waals surface area contributed by atoms with E-state index in [-0.39, 0.29) is 35.5 Å². The van der Waals surface area contributed by atoms with Crippen molar-refractivity contribution >= 4 is 23.1 Å². The number of amides is 1. The summed E-state index contributed by atoms with van der Waals surface area (Å²) in [6.07, 6.45) is 6.38. The number of allylic oxidation sites excluding steroid dienone is 2. The molecule has 192 valence electrons. The molecule has 2 aliphatic carbocycles. The van der Waals surface area contributed by atoms with Gasteiger partial charge in [-0.3, -0.25) is 9.59 Å². The van der Waals surface area contributed by atoms with E-state index in [1.54, 1.807) is 35.5 Å². The first kappa shape index (κ1) is 23.6. The first-order valence-corrected chi connectivity index (χ1v) is 12.5. The van der Waals surface area contributed by atoms with Crippen LogP contribution in [0.5, 0.6) is 5.75 Å². The minimum Gasteiger partial charge on any atom is -0.466 e. The summed E-state index contributed by atoms with van der Waals surface area (Å²) in [5, 5.41) is 4.76. The Morgan fingerprint density at radius 1 is 1.24 bits per heavy atom. The molecule has 6 rings (SSSR count). The summed E-state index contributed by atoms with van der Waals surface area (Å²) in [7, 11) is 1.71. The molecule has 2 bridgehead atoms. The highest BCUT2D eigenvalue weighted by Crippen LogP contribution is 2.53. The summed E-state index contributed by atoms with van der Waals surface area (Å²) in [5.74, 6) is -0.928. The van der Waals surface area contributed by atoms with Gasteiger partial charge in [0.15, 0.2) is 5.65 Å². The van der Waals surface area contributed by atoms with E-state index < -0.39 is 6.61 Å². The van der Waals surface area contributed by atoms with Crippen LogP contribution in [0.15, 0.2) is 36.5 Å². The van der Waals surface area contributed by atoms with Crippen LogP contribution in [0, 0.1) is 5.92 Å². The summed E-state index contributed by atoms with van der Waals surface area (Å²) >= 11 is 0. The number of nitrogens with zero attached hydrogens (tertiary/aromatic N) is 4. The van der Waals surface area contributed by atoms with Crippen molar-refractivity contribution in [3.05, 3.63) is 64.6 Å². The lowest BCUT2D eigenvalue weighted by atomic mass is 9.88. The molecule has 8 nitrogen and oxygen atoms in total. The molecule has 1 aromatic carbocycles. The van der Waals surface area contributed by atoms with Crippen LogP contribution in [0.3, 0.4) is 0 Å². The number of hydrogen-bond donors (Lipinski definition) is 0. The maximum atomic E-state index is 13.3. The quantitative estimate of drug-likeness (QED) is 0.463. The van der Waals surface area contributed by atoms with Crippen molar-refractivity contribution < 1.29 is 27.8 Å². The van der Waals surface area contributed by atoms with Crippen LogP contribution in [0.25, 0.3) is 11.2 Å². The standard InChI is InChI=1S/C27H26F2N4O4/c1-3-36-26(35)15-9-7-14(8-10-15)18-11-12-33-24(30-18)22-17-13-19(23(22)31-33)32(2)25(34)16-5-4-6-20(21(16)17)37-27(28)29/h4-7,11-12,15,17,19,27H,3,8-10,13H2,1-2H3/t15?,17-,19-/m1/s1. The molecule has 1 unspecified atom stereocenters. The van der Waals surface area contributed by atoms with Crippen LogP contribution < -0.4 is 4.74 Å². The van der Waals surface area contributed by atoms with E-state index >= 15 is 0 Å². The predicted molar refractivity (Wildman–Crippen MR) is 129 cm³/mol. The summed E-state index contributed by atoms with van der Waals surface area (Å²) in [6.45, 7) is -0.840. The van der Waals surface area contributed by atoms with Crippen LogP contribution in [-0.4, -0.2) is 51.6 Å². The van der Waals surface area contributed by atoms with E-state index in [1.807, 2.05) is 18.3 Å². The molecule has 10 heteroatoms. The molecule has 0 saturated carbocycles. The maximum Gasteiger partial charge on any atom is 0.387 e. The van der Waals surface area contributed by atoms with Gasteiger partial charge in [0.25, 0.3) is 5.91 Å². The molecule has 2 aromatic heterocycles. The van der Waals surface area contributed by atoms with Gasteiger partial charge in [-0.1, -0.05) is 12.1 Å². The first-order valence-electron chi connectivity index (χ1n) is 12.5. The second-order valence-corrected chi connectivity index (χ2v) is 9.65. The molecule has 0 saturated heterocycles. The van der Waals surface area contributed by atoms with Gasteiger partial charge in [-0.2, -0.15) is 13.9 Å². The second kappa shape index (κ2) is 8.93. The van der Waals surface area contributed by atoms with E-state index in [4.69, 9.17) is 19.6 Å². The second-order valence-electron chi connectivity index (χ2n) is 9.65. The molecule has 0 spiro atoms. The Hall–Kier alpha value is -3.82. The lowest BCUT2D eigenvalue weighted by Gasteiger charge is -2.23. The normalized spacial score (nSPS) is 22.5. The van der Waals surface area contributed by atoms with Crippen molar-refractivity contribution in [2.24, 2.45) is 5.92 Å². The van der Waals surface area contributed by atoms with Gasteiger partial charge in [-0.25, -0.2) is 9.50 Å². The molecule has 3 aliphatic rings. The number of fused-ring (bicyclic) bond motifs is 9. The summed E-state index contributed by atoms with van der Waals surface area (Å²) in [6, 6.07) is 6.29. The molecule has 0 N–H and O–H groups in total. The van der Waals surface area contributed by atoms with Crippen LogP contribution in [0.1, 0.15) is 77.4 Å². The number of ether oxygens (including phenoxy) is 2. The van der Waals surface area contributed by atoms with Crippen LogP contribution in [-0.2, 0) is 9.53 Å². The van der Waals surface area contributed by atoms with Gasteiger partial charge in [-0.15, -0.1) is 0 Å². The van der Waals surface area contributed by atoms with Crippen molar-refractivity contribution in [3.8, 4) is 5.75 Å². The van der Waals surface area contributed by atoms with Gasteiger partial charge >= 0.3 is 12.6 Å². The Morgan fingerprint density at radius 2 is 2.08 bits per heavy atom. The molecular formula is C27H26F2N4O4. The van der Waals surface area contributed by atoms with Crippen LogP contribution in [0.4, 0.5) is 8.78 Å². The zero-order chi connectivity index (χ0) is 25.8. The van der Waals surface area contributed by atoms with Crippen molar-refractivity contribution in [2.45, 2.75) is 51.2 Å². The van der Waals surface area contributed by atoms with Gasteiger partial charge in [0.1, 0.15) is 5.75 Å². The lowest BCUT2D eigenvalue weighted by molar-refractivity contribution is -0.148. The van der Waals surface area contributed by atoms with Crippen LogP contribution in [0.2, 0.25) is 0 Å². The molecule has 37 heavy (non-hydrogen) atoms. The largest absolute Gasteiger partial charge is 0.466 e. The Bertz CT molecular complexity index is 1450. The van der Waals surface area contributed by atoms with E-state index in [2.05, 4.69) is 0 Å². The molecular weight excluding hydrogens is 482 g/mol. The van der Waals surface area contributed by atoms with Crippen molar-refractivity contribution in [1.29, 1.82) is 0 Å². The lowest BCUT2D eigenvalue weighted by Crippen LogP contribution is -2.30. The topological polar surface area (TPSA) is 86.0 Å². The average Bonchev–Trinajstić information content (AvgIpc) is 3.41. The van der Waals surface area contributed by atoms with Crippen molar-refractivity contribution in [2.75, 3.05) is 13.7 Å². The zero-order valence-corrected chi connectivity index (χ0v) is 20.5. The summed E-state index contributed by atoms with van der Waals surface area (Å²) < 4.78 is 38.3. The number of halogens is 2. The minimum absolute atomic E-state index is 0.00301. The van der Waals surface area contributed by atoms with Crippen molar-refractivity contribution in [3.63, 3.8) is 0 Å². The Kier molecular flexibility index (Phi) is 5.69. The fourth-order valence-corrected chi connectivity index (χ4v) is 5.94. The van der Waals surface area contributed by atoms with E-state index in [0.717, 1.165) is 22.5 Å². The van der Waals surface area contributed by atoms with Gasteiger partial charge in [-0.05, 0) is 56.4 Å². The minimum atomic E-state index is -3.01. The Morgan fingerprint density at radius 3 is 2.81 bits per heavy atom. The number of esters is 1. The molecule has 0 radical (unpaired) electrons. The van der Waals surface area contributed by atoms with Gasteiger partial charge < -0.3 is 14.4 Å². The molecule has 3 heterocycles. The monoisotopic (exact) mass is 508 g/mol. The van der Waals surface area contributed by atoms with Crippen LogP contribution >= 0.6 is 0 Å². The average molecular weight is 509 g/mol. The summed E-state index contributed by atoms with van der Waals surface area (Å²) in [4.78, 5) is 32.0. The van der Waals surface area contributed by atoms with Gasteiger partial charge in [0.05, 0.1) is 30.0 Å². The van der Waals surface area contributed by atoms with E-state index in [9.17, 15) is 18.4 Å². The molecule has 3 aromatic rings. The highest BCUT2D eigenvalue weighted by molar-refractivity contribution is 5.98. The summed E-state index contributed by atoms with van der Waals surface area (Å²) in [5.41, 5.74) is 4.84. The van der Waals surface area contributed by atoms with E-state index in [0.29, 0.717) is 49.1 Å². The number of benzene rings is 1. The third-order valence-electron chi connectivity index (χ3n) is 7.68. The fraction of sp³-hybridized carbons (Fsp3) is 0.407. The highest BCUT2D eigenvalue weighted by atomic mass is 19.3. The molecule has 3 atom stereocenters. The number of carbonyl (C=O) groups excluding carboxylic acids is 2. The SMILES string of the molecule is CCOC(=O)C1CC=C(c2ccn3nc4c(c3n2)[C@@H]2C[C@H]4N(C)C(=O)c3cccc(OC(F)F)c32)CC1. The third-order valence-corrected chi connectivity index (χ3v) is 7.68. The smallest absolute Gasteiger partial charge is 0.387 e. The molecule has 0 fully saturated rings. The number of alkyl halides is 2. The van der Waals surface area contributed by atoms with Gasteiger partial charge in [0.2, 0.25) is 0 Å². The number of hydrogen-bond acceptors (Lipinski definition) is 6. The molecule has 1 amide bonds. The predicted octanol–water partition coefficient (Wildman–Crippen LogP) is 4.74. The fourth-order valence-electron chi connectivity index (χ4n) is 5.94.